The Hall–Kier alpha value is -1.33. The van der Waals surface area contributed by atoms with E-state index in [1.807, 2.05) is 0 Å². The van der Waals surface area contributed by atoms with Crippen molar-refractivity contribution in [3.05, 3.63) is 39.8 Å². The van der Waals surface area contributed by atoms with Crippen LogP contribution in [0.1, 0.15) is 16.8 Å². The van der Waals surface area contributed by atoms with E-state index in [1.54, 1.807) is 23.1 Å². The zero-order chi connectivity index (χ0) is 14.9. The lowest BCUT2D eigenvalue weighted by Crippen LogP contribution is -2.26. The van der Waals surface area contributed by atoms with Gasteiger partial charge in [-0.1, -0.05) is 17.7 Å². The molecule has 2 rings (SSSR count). The number of methoxy groups -OCH3 is 1. The van der Waals surface area contributed by atoms with Gasteiger partial charge in [0.25, 0.3) is 0 Å². The van der Waals surface area contributed by atoms with Crippen molar-refractivity contribution in [1.82, 2.24) is 0 Å². The predicted molar refractivity (Wildman–Crippen MR) is 81.1 cm³/mol. The van der Waals surface area contributed by atoms with Crippen LogP contribution in [0.4, 0.5) is 5.69 Å². The molecule has 0 aromatic heterocycles. The first-order chi connectivity index (χ1) is 9.47. The van der Waals surface area contributed by atoms with E-state index in [4.69, 9.17) is 16.3 Å². The molecule has 0 saturated carbocycles. The van der Waals surface area contributed by atoms with Crippen molar-refractivity contribution < 1.29 is 14.3 Å². The molecule has 1 heterocycles. The Bertz CT molecular complexity index is 588. The minimum absolute atomic E-state index is 0.0570. The van der Waals surface area contributed by atoms with Gasteiger partial charge in [0, 0.05) is 23.4 Å². The molecule has 1 aromatic rings. The summed E-state index contributed by atoms with van der Waals surface area (Å²) in [5, 5.41) is 0.433. The van der Waals surface area contributed by atoms with Crippen LogP contribution in [0, 0.1) is 5.92 Å². The lowest BCUT2D eigenvalue weighted by Gasteiger charge is -2.20. The number of esters is 1. The summed E-state index contributed by atoms with van der Waals surface area (Å²) in [6, 6.07) is 3.17. The van der Waals surface area contributed by atoms with E-state index < -0.39 is 5.97 Å². The van der Waals surface area contributed by atoms with Crippen LogP contribution in [0.15, 0.2) is 29.3 Å². The molecule has 1 aromatic carbocycles. The summed E-state index contributed by atoms with van der Waals surface area (Å²) in [7, 11) is 1.30. The van der Waals surface area contributed by atoms with Crippen LogP contribution in [0.3, 0.4) is 0 Å². The Morgan fingerprint density at radius 1 is 1.60 bits per heavy atom. The van der Waals surface area contributed by atoms with Crippen molar-refractivity contribution in [2.75, 3.05) is 18.6 Å². The zero-order valence-corrected chi connectivity index (χ0v) is 13.2. The fourth-order valence-electron chi connectivity index (χ4n) is 2.16. The molecule has 4 nitrogen and oxygen atoms in total. The van der Waals surface area contributed by atoms with Crippen molar-refractivity contribution in [3.8, 4) is 0 Å². The van der Waals surface area contributed by atoms with Gasteiger partial charge in [0.1, 0.15) is 0 Å². The highest BCUT2D eigenvalue weighted by Crippen LogP contribution is 2.35. The Morgan fingerprint density at radius 3 is 2.85 bits per heavy atom. The van der Waals surface area contributed by atoms with Crippen LogP contribution in [-0.2, 0) is 9.53 Å². The molecule has 6 heteroatoms. The summed E-state index contributed by atoms with van der Waals surface area (Å²) in [4.78, 5) is 25.5. The summed E-state index contributed by atoms with van der Waals surface area (Å²) in [5.74, 6) is -0.485. The first-order valence-corrected chi connectivity index (χ1v) is 7.15. The molecule has 1 aliphatic rings. The number of hydrogen-bond donors (Lipinski definition) is 0. The predicted octanol–water partition coefficient (Wildman–Crippen LogP) is 3.43. The lowest BCUT2D eigenvalue weighted by atomic mass is 10.1. The number of anilines is 1. The number of carbonyl (C=O) groups is 2. The quantitative estimate of drug-likeness (QED) is 0.614. The van der Waals surface area contributed by atoms with E-state index in [9.17, 15) is 9.59 Å². The van der Waals surface area contributed by atoms with Crippen LogP contribution in [0.5, 0.6) is 0 Å². The average Bonchev–Trinajstić information content (AvgIpc) is 2.81. The third kappa shape index (κ3) is 2.74. The maximum absolute atomic E-state index is 12.1. The second kappa shape index (κ2) is 5.97. The number of nitrogens with zero attached hydrogens (tertiary/aromatic N) is 1. The third-order valence-electron chi connectivity index (χ3n) is 3.22. The third-order valence-corrected chi connectivity index (χ3v) is 4.42. The van der Waals surface area contributed by atoms with Gasteiger partial charge in [-0.2, -0.15) is 0 Å². The minimum Gasteiger partial charge on any atom is -0.465 e. The second-order valence-electron chi connectivity index (χ2n) is 4.48. The normalized spacial score (nSPS) is 18.2. The maximum atomic E-state index is 12.1. The summed E-state index contributed by atoms with van der Waals surface area (Å²) in [6.07, 6.45) is 2.13. The van der Waals surface area contributed by atoms with Crippen LogP contribution in [-0.4, -0.2) is 25.5 Å². The van der Waals surface area contributed by atoms with E-state index in [0.29, 0.717) is 33.7 Å². The van der Waals surface area contributed by atoms with Crippen molar-refractivity contribution in [2.24, 2.45) is 5.92 Å². The van der Waals surface area contributed by atoms with Crippen LogP contribution < -0.4 is 4.90 Å². The summed E-state index contributed by atoms with van der Waals surface area (Å²) < 4.78 is 5.34. The molecule has 20 heavy (non-hydrogen) atoms. The summed E-state index contributed by atoms with van der Waals surface area (Å²) in [6.45, 7) is 4.20. The van der Waals surface area contributed by atoms with Crippen molar-refractivity contribution in [1.29, 1.82) is 0 Å². The van der Waals surface area contributed by atoms with E-state index in [0.717, 1.165) is 0 Å². The zero-order valence-electron chi connectivity index (χ0n) is 10.9. The SMILES string of the molecule is C=CC1CC(=O)N(c2cc(Cl)c(Br)cc2C(=O)OC)C1. The average molecular weight is 359 g/mol. The topological polar surface area (TPSA) is 46.6 Å². The molecule has 1 fully saturated rings. The molecular formula is C14H13BrClNO3. The Kier molecular flexibility index (Phi) is 4.50. The van der Waals surface area contributed by atoms with Gasteiger partial charge in [0.15, 0.2) is 0 Å². The van der Waals surface area contributed by atoms with Crippen molar-refractivity contribution >= 4 is 45.1 Å². The fraction of sp³-hybridized carbons (Fsp3) is 0.286. The summed E-state index contributed by atoms with van der Waals surface area (Å²) >= 11 is 9.34. The maximum Gasteiger partial charge on any atom is 0.340 e. The molecule has 0 spiro atoms. The molecule has 1 atom stereocenters. The number of ether oxygens (including phenoxy) is 1. The molecule has 0 N–H and O–H groups in total. The van der Waals surface area contributed by atoms with E-state index in [2.05, 4.69) is 22.5 Å². The molecule has 1 saturated heterocycles. The smallest absolute Gasteiger partial charge is 0.340 e. The van der Waals surface area contributed by atoms with Gasteiger partial charge in [-0.15, -0.1) is 6.58 Å². The van der Waals surface area contributed by atoms with E-state index in [1.165, 1.54) is 7.11 Å². The number of amides is 1. The highest BCUT2D eigenvalue weighted by Gasteiger charge is 2.32. The van der Waals surface area contributed by atoms with E-state index in [-0.39, 0.29) is 11.8 Å². The molecule has 0 aliphatic carbocycles. The number of carbonyl (C=O) groups excluding carboxylic acids is 2. The van der Waals surface area contributed by atoms with Gasteiger partial charge in [-0.05, 0) is 28.1 Å². The Labute approximate surface area is 130 Å². The van der Waals surface area contributed by atoms with Gasteiger partial charge in [-0.3, -0.25) is 4.79 Å². The van der Waals surface area contributed by atoms with Gasteiger partial charge >= 0.3 is 5.97 Å². The Balaban J connectivity index is 2.50. The number of halogens is 2. The monoisotopic (exact) mass is 357 g/mol. The Morgan fingerprint density at radius 2 is 2.30 bits per heavy atom. The highest BCUT2D eigenvalue weighted by molar-refractivity contribution is 9.10. The minimum atomic E-state index is -0.507. The highest BCUT2D eigenvalue weighted by atomic mass is 79.9. The fourth-order valence-corrected chi connectivity index (χ4v) is 2.66. The molecule has 0 radical (unpaired) electrons. The van der Waals surface area contributed by atoms with Crippen LogP contribution in [0.2, 0.25) is 5.02 Å². The van der Waals surface area contributed by atoms with Crippen molar-refractivity contribution in [3.63, 3.8) is 0 Å². The first-order valence-electron chi connectivity index (χ1n) is 5.98. The van der Waals surface area contributed by atoms with Crippen molar-refractivity contribution in [2.45, 2.75) is 6.42 Å². The van der Waals surface area contributed by atoms with Crippen LogP contribution >= 0.6 is 27.5 Å². The summed E-state index contributed by atoms with van der Waals surface area (Å²) in [5.41, 5.74) is 0.779. The van der Waals surface area contributed by atoms with E-state index >= 15 is 0 Å². The van der Waals surface area contributed by atoms with Gasteiger partial charge in [0.2, 0.25) is 5.91 Å². The van der Waals surface area contributed by atoms with Gasteiger partial charge < -0.3 is 9.64 Å². The van der Waals surface area contributed by atoms with Gasteiger partial charge in [-0.25, -0.2) is 4.79 Å². The number of benzene rings is 1. The molecule has 1 amide bonds. The largest absolute Gasteiger partial charge is 0.465 e. The molecule has 106 valence electrons. The van der Waals surface area contributed by atoms with Crippen LogP contribution in [0.25, 0.3) is 0 Å². The van der Waals surface area contributed by atoms with Gasteiger partial charge in [0.05, 0.1) is 23.4 Å². The number of rotatable bonds is 3. The molecule has 1 aliphatic heterocycles. The molecular weight excluding hydrogens is 346 g/mol. The second-order valence-corrected chi connectivity index (χ2v) is 5.74. The first kappa shape index (κ1) is 15.1. The molecule has 1 unspecified atom stereocenters. The number of hydrogen-bond acceptors (Lipinski definition) is 3. The standard InChI is InChI=1S/C14H13BrClNO3/c1-3-8-4-13(18)17(7-8)12-6-11(16)10(15)5-9(12)14(19)20-2/h3,5-6,8H,1,4,7H2,2H3. The lowest BCUT2D eigenvalue weighted by molar-refractivity contribution is -0.117. The molecule has 0 bridgehead atoms.